The summed E-state index contributed by atoms with van der Waals surface area (Å²) in [6.45, 7) is 5.37. The van der Waals surface area contributed by atoms with Crippen LogP contribution in [0.5, 0.6) is 0 Å². The SMILES string of the molecule is O=C([C@@H]1CN(Cc2ccc(C#CCCO)cc2)CCN1)N1CCCC1. The van der Waals surface area contributed by atoms with Gasteiger partial charge in [0, 0.05) is 51.3 Å². The molecule has 0 unspecified atom stereocenters. The van der Waals surface area contributed by atoms with E-state index in [-0.39, 0.29) is 18.6 Å². The molecule has 0 aromatic heterocycles. The molecular weight excluding hydrogens is 314 g/mol. The summed E-state index contributed by atoms with van der Waals surface area (Å²) in [5.74, 6) is 6.24. The maximum absolute atomic E-state index is 12.6. The van der Waals surface area contributed by atoms with Crippen molar-refractivity contribution in [2.24, 2.45) is 0 Å². The highest BCUT2D eigenvalue weighted by molar-refractivity contribution is 5.82. The second-order valence-corrected chi connectivity index (χ2v) is 6.75. The fraction of sp³-hybridized carbons (Fsp3) is 0.550. The van der Waals surface area contributed by atoms with Crippen LogP contribution >= 0.6 is 0 Å². The molecule has 3 rings (SSSR count). The van der Waals surface area contributed by atoms with E-state index >= 15 is 0 Å². The van der Waals surface area contributed by atoms with E-state index in [1.165, 1.54) is 5.56 Å². The van der Waals surface area contributed by atoms with Gasteiger partial charge in [-0.15, -0.1) is 0 Å². The van der Waals surface area contributed by atoms with E-state index < -0.39 is 0 Å². The molecule has 0 aliphatic carbocycles. The van der Waals surface area contributed by atoms with Crippen molar-refractivity contribution < 1.29 is 9.90 Å². The van der Waals surface area contributed by atoms with Gasteiger partial charge in [0.2, 0.25) is 5.91 Å². The van der Waals surface area contributed by atoms with Crippen LogP contribution < -0.4 is 5.32 Å². The number of aliphatic hydroxyl groups excluding tert-OH is 1. The number of benzene rings is 1. The van der Waals surface area contributed by atoms with Crippen molar-refractivity contribution in [2.45, 2.75) is 31.8 Å². The maximum Gasteiger partial charge on any atom is 0.241 e. The normalized spacial score (nSPS) is 21.0. The van der Waals surface area contributed by atoms with Crippen molar-refractivity contribution in [1.29, 1.82) is 0 Å². The van der Waals surface area contributed by atoms with Crippen LogP contribution in [-0.2, 0) is 11.3 Å². The molecule has 25 heavy (non-hydrogen) atoms. The molecule has 5 heteroatoms. The van der Waals surface area contributed by atoms with Crippen molar-refractivity contribution in [3.63, 3.8) is 0 Å². The molecule has 0 bridgehead atoms. The van der Waals surface area contributed by atoms with E-state index in [1.807, 2.05) is 17.0 Å². The maximum atomic E-state index is 12.6. The predicted molar refractivity (Wildman–Crippen MR) is 97.9 cm³/mol. The number of likely N-dealkylation sites (tertiary alicyclic amines) is 1. The lowest BCUT2D eigenvalue weighted by molar-refractivity contribution is -0.133. The van der Waals surface area contributed by atoms with E-state index in [1.54, 1.807) is 0 Å². The predicted octanol–water partition coefficient (Wildman–Crippen LogP) is 0.817. The number of rotatable bonds is 4. The van der Waals surface area contributed by atoms with Crippen LogP contribution in [0.2, 0.25) is 0 Å². The van der Waals surface area contributed by atoms with E-state index in [0.29, 0.717) is 6.42 Å². The van der Waals surface area contributed by atoms with Crippen LogP contribution in [-0.4, -0.2) is 66.2 Å². The first-order chi connectivity index (χ1) is 12.3. The lowest BCUT2D eigenvalue weighted by Crippen LogP contribution is -2.57. The second kappa shape index (κ2) is 9.00. The highest BCUT2D eigenvalue weighted by Crippen LogP contribution is 2.13. The molecular formula is C20H27N3O2. The van der Waals surface area contributed by atoms with Crippen LogP contribution in [0.3, 0.4) is 0 Å². The fourth-order valence-electron chi connectivity index (χ4n) is 3.45. The molecule has 2 heterocycles. The van der Waals surface area contributed by atoms with Crippen molar-refractivity contribution in [3.8, 4) is 11.8 Å². The molecule has 2 aliphatic rings. The Hall–Kier alpha value is -1.87. The Labute approximate surface area is 150 Å². The summed E-state index contributed by atoms with van der Waals surface area (Å²) in [7, 11) is 0. The lowest BCUT2D eigenvalue weighted by Gasteiger charge is -2.34. The van der Waals surface area contributed by atoms with E-state index in [2.05, 4.69) is 34.2 Å². The average Bonchev–Trinajstić information content (AvgIpc) is 3.18. The van der Waals surface area contributed by atoms with Gasteiger partial charge in [-0.3, -0.25) is 9.69 Å². The molecule has 1 atom stereocenters. The smallest absolute Gasteiger partial charge is 0.241 e. The Kier molecular flexibility index (Phi) is 6.46. The van der Waals surface area contributed by atoms with Crippen molar-refractivity contribution >= 4 is 5.91 Å². The molecule has 0 saturated carbocycles. The topological polar surface area (TPSA) is 55.8 Å². The van der Waals surface area contributed by atoms with Gasteiger partial charge in [-0.2, -0.15) is 0 Å². The summed E-state index contributed by atoms with van der Waals surface area (Å²) in [4.78, 5) is 16.9. The number of piperazine rings is 1. The van der Waals surface area contributed by atoms with Crippen LogP contribution in [0.1, 0.15) is 30.4 Å². The minimum atomic E-state index is -0.0736. The largest absolute Gasteiger partial charge is 0.395 e. The van der Waals surface area contributed by atoms with E-state index in [0.717, 1.165) is 57.7 Å². The number of nitrogens with zero attached hydrogens (tertiary/aromatic N) is 2. The third-order valence-corrected chi connectivity index (χ3v) is 4.81. The van der Waals surface area contributed by atoms with E-state index in [4.69, 9.17) is 5.11 Å². The van der Waals surface area contributed by atoms with Gasteiger partial charge in [0.05, 0.1) is 12.6 Å². The quantitative estimate of drug-likeness (QED) is 0.796. The van der Waals surface area contributed by atoms with Crippen LogP contribution in [0, 0.1) is 11.8 Å². The van der Waals surface area contributed by atoms with Gasteiger partial charge >= 0.3 is 0 Å². The first kappa shape index (κ1) is 17.9. The molecule has 0 radical (unpaired) electrons. The lowest BCUT2D eigenvalue weighted by atomic mass is 10.1. The highest BCUT2D eigenvalue weighted by Gasteiger charge is 2.30. The standard InChI is InChI=1S/C20H27N3O2/c24-14-4-1-5-17-6-8-18(9-7-17)15-22-13-10-21-19(16-22)20(25)23-11-2-3-12-23/h6-9,19,21,24H,2-4,10-16H2/t19-/m0/s1. The Balaban J connectivity index is 1.53. The summed E-state index contributed by atoms with van der Waals surface area (Å²) in [5.41, 5.74) is 2.21. The van der Waals surface area contributed by atoms with Gasteiger partial charge in [-0.25, -0.2) is 0 Å². The Morgan fingerprint density at radius 2 is 1.96 bits per heavy atom. The number of carbonyl (C=O) groups excluding carboxylic acids is 1. The summed E-state index contributed by atoms with van der Waals surface area (Å²) in [5, 5.41) is 12.1. The average molecular weight is 341 g/mol. The van der Waals surface area contributed by atoms with Crippen molar-refractivity contribution in [1.82, 2.24) is 15.1 Å². The molecule has 0 spiro atoms. The Bertz CT molecular complexity index is 627. The van der Waals surface area contributed by atoms with Crippen molar-refractivity contribution in [3.05, 3.63) is 35.4 Å². The van der Waals surface area contributed by atoms with Gasteiger partial charge < -0.3 is 15.3 Å². The minimum absolute atomic E-state index is 0.0736. The molecule has 1 aromatic carbocycles. The highest BCUT2D eigenvalue weighted by atomic mass is 16.2. The zero-order valence-electron chi connectivity index (χ0n) is 14.7. The second-order valence-electron chi connectivity index (χ2n) is 6.75. The molecule has 1 amide bonds. The van der Waals surface area contributed by atoms with Crippen LogP contribution in [0.4, 0.5) is 0 Å². The fourth-order valence-corrected chi connectivity index (χ4v) is 3.45. The molecule has 5 nitrogen and oxygen atoms in total. The third-order valence-electron chi connectivity index (χ3n) is 4.81. The number of carbonyl (C=O) groups is 1. The van der Waals surface area contributed by atoms with Gasteiger partial charge in [-0.1, -0.05) is 24.0 Å². The summed E-state index contributed by atoms with van der Waals surface area (Å²) < 4.78 is 0. The number of hydrogen-bond donors (Lipinski definition) is 2. The number of hydrogen-bond acceptors (Lipinski definition) is 4. The van der Waals surface area contributed by atoms with Gasteiger partial charge in [0.15, 0.2) is 0 Å². The first-order valence-electron chi connectivity index (χ1n) is 9.19. The number of nitrogens with one attached hydrogen (secondary N) is 1. The van der Waals surface area contributed by atoms with Crippen LogP contribution in [0.15, 0.2) is 24.3 Å². The molecule has 2 N–H and O–H groups in total. The minimum Gasteiger partial charge on any atom is -0.395 e. The Morgan fingerprint density at radius 3 is 2.68 bits per heavy atom. The molecule has 1 aromatic rings. The molecule has 2 saturated heterocycles. The number of amides is 1. The summed E-state index contributed by atoms with van der Waals surface area (Å²) >= 11 is 0. The van der Waals surface area contributed by atoms with Gasteiger partial charge in [0.25, 0.3) is 0 Å². The van der Waals surface area contributed by atoms with E-state index in [9.17, 15) is 4.79 Å². The third kappa shape index (κ3) is 5.05. The summed E-state index contributed by atoms with van der Waals surface area (Å²) in [6, 6.07) is 8.17. The molecule has 2 aliphatic heterocycles. The first-order valence-corrected chi connectivity index (χ1v) is 9.19. The van der Waals surface area contributed by atoms with Crippen LogP contribution in [0.25, 0.3) is 0 Å². The molecule has 134 valence electrons. The van der Waals surface area contributed by atoms with Crippen molar-refractivity contribution in [2.75, 3.05) is 39.3 Å². The van der Waals surface area contributed by atoms with Gasteiger partial charge in [-0.05, 0) is 30.5 Å². The number of aliphatic hydroxyl groups is 1. The monoisotopic (exact) mass is 341 g/mol. The van der Waals surface area contributed by atoms with Gasteiger partial charge in [0.1, 0.15) is 0 Å². The zero-order chi connectivity index (χ0) is 17.5. The Morgan fingerprint density at radius 1 is 1.20 bits per heavy atom. The zero-order valence-corrected chi connectivity index (χ0v) is 14.7. The molecule has 2 fully saturated rings. The summed E-state index contributed by atoms with van der Waals surface area (Å²) in [6.07, 6.45) is 2.78.